The van der Waals surface area contributed by atoms with Crippen molar-refractivity contribution < 1.29 is 18.1 Å². The van der Waals surface area contributed by atoms with Gasteiger partial charge in [0.1, 0.15) is 4.90 Å². The Morgan fingerprint density at radius 3 is 2.36 bits per heavy atom. The van der Waals surface area contributed by atoms with Crippen LogP contribution in [0.5, 0.6) is 0 Å². The molecular formula is C18H20ClN3O5S. The predicted octanol–water partition coefficient (Wildman–Crippen LogP) is 3.89. The number of hydrogen-bond acceptors (Lipinski definition) is 5. The van der Waals surface area contributed by atoms with Crippen LogP contribution in [0.3, 0.4) is 0 Å². The van der Waals surface area contributed by atoms with Gasteiger partial charge in [0.2, 0.25) is 10.0 Å². The molecule has 2 aromatic rings. The Morgan fingerprint density at radius 1 is 1.14 bits per heavy atom. The maximum absolute atomic E-state index is 12.6. The van der Waals surface area contributed by atoms with E-state index in [9.17, 15) is 23.3 Å². The van der Waals surface area contributed by atoms with Crippen molar-refractivity contribution in [2.45, 2.75) is 38.1 Å². The van der Waals surface area contributed by atoms with Crippen molar-refractivity contribution in [2.24, 2.45) is 0 Å². The largest absolute Gasteiger partial charge is 0.322 e. The molecule has 0 bridgehead atoms. The van der Waals surface area contributed by atoms with Crippen molar-refractivity contribution >= 4 is 38.9 Å². The number of rotatable bonds is 5. The molecule has 0 radical (unpaired) electrons. The maximum Gasteiger partial charge on any atom is 0.274 e. The average molecular weight is 426 g/mol. The van der Waals surface area contributed by atoms with E-state index < -0.39 is 26.4 Å². The van der Waals surface area contributed by atoms with Gasteiger partial charge in [0.05, 0.1) is 9.95 Å². The minimum Gasteiger partial charge on any atom is -0.322 e. The van der Waals surface area contributed by atoms with Crippen LogP contribution >= 0.6 is 11.6 Å². The monoisotopic (exact) mass is 425 g/mol. The number of anilines is 1. The number of halogens is 1. The van der Waals surface area contributed by atoms with Gasteiger partial charge in [-0.2, -0.15) is 0 Å². The van der Waals surface area contributed by atoms with Crippen LogP contribution in [0.1, 0.15) is 36.7 Å². The number of nitro benzene ring substituents is 1. The first-order chi connectivity index (χ1) is 12.8. The minimum absolute atomic E-state index is 0.0285. The molecule has 0 saturated carbocycles. The van der Waals surface area contributed by atoms with Crippen molar-refractivity contribution in [1.82, 2.24) is 4.72 Å². The van der Waals surface area contributed by atoms with Gasteiger partial charge in [-0.05, 0) is 52.0 Å². The van der Waals surface area contributed by atoms with E-state index in [-0.39, 0.29) is 26.9 Å². The van der Waals surface area contributed by atoms with Crippen molar-refractivity contribution in [3.63, 3.8) is 0 Å². The summed E-state index contributed by atoms with van der Waals surface area (Å²) in [6, 6.07) is 8.12. The molecule has 1 amide bonds. The zero-order valence-corrected chi connectivity index (χ0v) is 17.3. The fraction of sp³-hybridized carbons (Fsp3) is 0.278. The highest BCUT2D eigenvalue weighted by Gasteiger charge is 2.25. The molecule has 0 heterocycles. The van der Waals surface area contributed by atoms with Crippen LogP contribution in [0.25, 0.3) is 0 Å². The Labute approximate surface area is 168 Å². The molecule has 0 unspecified atom stereocenters. The molecule has 10 heteroatoms. The Balaban J connectivity index is 2.35. The van der Waals surface area contributed by atoms with Gasteiger partial charge in [-0.25, -0.2) is 13.1 Å². The molecule has 2 N–H and O–H groups in total. The lowest BCUT2D eigenvalue weighted by atomic mass is 10.1. The van der Waals surface area contributed by atoms with Crippen LogP contribution in [-0.4, -0.2) is 24.8 Å². The third-order valence-corrected chi connectivity index (χ3v) is 5.83. The summed E-state index contributed by atoms with van der Waals surface area (Å²) >= 11 is 6.02. The number of nitrogens with one attached hydrogen (secondary N) is 2. The zero-order valence-electron chi connectivity index (χ0n) is 15.7. The van der Waals surface area contributed by atoms with Gasteiger partial charge >= 0.3 is 0 Å². The van der Waals surface area contributed by atoms with Crippen LogP contribution in [0.4, 0.5) is 11.4 Å². The minimum atomic E-state index is -3.95. The molecule has 2 rings (SSSR count). The summed E-state index contributed by atoms with van der Waals surface area (Å²) in [4.78, 5) is 22.8. The Bertz CT molecular complexity index is 1050. The molecule has 0 aromatic heterocycles. The molecule has 0 aliphatic heterocycles. The van der Waals surface area contributed by atoms with Crippen LogP contribution < -0.4 is 10.0 Å². The number of hydrogen-bond donors (Lipinski definition) is 2. The van der Waals surface area contributed by atoms with Gasteiger partial charge in [-0.15, -0.1) is 0 Å². The molecule has 0 saturated heterocycles. The summed E-state index contributed by atoms with van der Waals surface area (Å²) in [5.74, 6) is -0.623. The molecule has 0 aliphatic rings. The van der Waals surface area contributed by atoms with Crippen molar-refractivity contribution in [3.8, 4) is 0 Å². The fourth-order valence-corrected chi connectivity index (χ4v) is 4.34. The third-order valence-electron chi connectivity index (χ3n) is 3.59. The number of benzene rings is 2. The van der Waals surface area contributed by atoms with E-state index in [1.165, 1.54) is 30.3 Å². The highest BCUT2D eigenvalue weighted by molar-refractivity contribution is 7.89. The smallest absolute Gasteiger partial charge is 0.274 e. The summed E-state index contributed by atoms with van der Waals surface area (Å²) in [6.45, 7) is 6.63. The van der Waals surface area contributed by atoms with E-state index in [2.05, 4.69) is 10.0 Å². The van der Waals surface area contributed by atoms with Crippen LogP contribution in [0.2, 0.25) is 5.02 Å². The van der Waals surface area contributed by atoms with Crippen LogP contribution in [0, 0.1) is 17.0 Å². The Morgan fingerprint density at radius 2 is 1.79 bits per heavy atom. The number of aryl methyl sites for hydroxylation is 1. The predicted molar refractivity (Wildman–Crippen MR) is 107 cm³/mol. The van der Waals surface area contributed by atoms with Crippen molar-refractivity contribution in [3.05, 3.63) is 62.7 Å². The first kappa shape index (κ1) is 21.8. The number of amides is 1. The fourth-order valence-electron chi connectivity index (χ4n) is 2.40. The van der Waals surface area contributed by atoms with Gasteiger partial charge in [0.25, 0.3) is 11.6 Å². The summed E-state index contributed by atoms with van der Waals surface area (Å²) < 4.78 is 27.6. The van der Waals surface area contributed by atoms with E-state index >= 15 is 0 Å². The second kappa shape index (κ2) is 7.86. The van der Waals surface area contributed by atoms with Gasteiger partial charge < -0.3 is 5.32 Å². The molecule has 2 aromatic carbocycles. The number of carbonyl (C=O) groups is 1. The third kappa shape index (κ3) is 5.28. The lowest BCUT2D eigenvalue weighted by Crippen LogP contribution is -2.40. The van der Waals surface area contributed by atoms with Crippen molar-refractivity contribution in [2.75, 3.05) is 5.32 Å². The molecule has 0 atom stereocenters. The molecular weight excluding hydrogens is 406 g/mol. The van der Waals surface area contributed by atoms with Gasteiger partial charge in [-0.1, -0.05) is 17.7 Å². The summed E-state index contributed by atoms with van der Waals surface area (Å²) in [5.41, 5.74) is -0.152. The Hall–Kier alpha value is -2.49. The Kier molecular flexibility index (Phi) is 6.12. The number of carbonyl (C=O) groups excluding carboxylic acids is 1. The number of sulfonamides is 1. The second-order valence-electron chi connectivity index (χ2n) is 7.21. The van der Waals surface area contributed by atoms with E-state index in [4.69, 9.17) is 11.6 Å². The molecule has 150 valence electrons. The first-order valence-electron chi connectivity index (χ1n) is 8.20. The van der Waals surface area contributed by atoms with E-state index in [1.54, 1.807) is 27.7 Å². The van der Waals surface area contributed by atoms with E-state index in [1.807, 2.05) is 0 Å². The first-order valence-corrected chi connectivity index (χ1v) is 10.1. The standard InChI is InChI=1S/C18H20ClN3O5S/c1-11-5-7-13(10-15(11)22(24)25)20-17(23)12-6-8-14(19)16(9-12)28(26,27)21-18(2,3)4/h5-10,21H,1-4H3,(H,20,23). The summed E-state index contributed by atoms with van der Waals surface area (Å²) in [7, 11) is -3.95. The normalized spacial score (nSPS) is 11.9. The van der Waals surface area contributed by atoms with E-state index in [0.717, 1.165) is 6.07 Å². The summed E-state index contributed by atoms with van der Waals surface area (Å²) in [6.07, 6.45) is 0. The second-order valence-corrected chi connectivity index (χ2v) is 9.27. The number of nitro groups is 1. The van der Waals surface area contributed by atoms with E-state index in [0.29, 0.717) is 5.56 Å². The lowest BCUT2D eigenvalue weighted by molar-refractivity contribution is -0.385. The van der Waals surface area contributed by atoms with Crippen LogP contribution in [-0.2, 0) is 10.0 Å². The highest BCUT2D eigenvalue weighted by Crippen LogP contribution is 2.26. The quantitative estimate of drug-likeness (QED) is 0.556. The molecule has 8 nitrogen and oxygen atoms in total. The number of nitrogens with zero attached hydrogens (tertiary/aromatic N) is 1. The van der Waals surface area contributed by atoms with Gasteiger partial charge in [-0.3, -0.25) is 14.9 Å². The average Bonchev–Trinajstić information content (AvgIpc) is 2.54. The zero-order chi connectivity index (χ0) is 21.3. The topological polar surface area (TPSA) is 118 Å². The van der Waals surface area contributed by atoms with Gasteiger partial charge in [0.15, 0.2) is 0 Å². The summed E-state index contributed by atoms with van der Waals surface area (Å²) in [5, 5.41) is 13.5. The molecule has 0 fully saturated rings. The molecule has 0 spiro atoms. The van der Waals surface area contributed by atoms with Crippen molar-refractivity contribution in [1.29, 1.82) is 0 Å². The van der Waals surface area contributed by atoms with Gasteiger partial charge in [0, 0.05) is 28.4 Å². The SMILES string of the molecule is Cc1ccc(NC(=O)c2ccc(Cl)c(S(=O)(=O)NC(C)(C)C)c2)cc1[N+](=O)[O-]. The highest BCUT2D eigenvalue weighted by atomic mass is 35.5. The lowest BCUT2D eigenvalue weighted by Gasteiger charge is -2.21. The molecule has 0 aliphatic carbocycles. The maximum atomic E-state index is 12.6. The van der Waals surface area contributed by atoms with Crippen LogP contribution in [0.15, 0.2) is 41.3 Å². The molecule has 28 heavy (non-hydrogen) atoms.